The van der Waals surface area contributed by atoms with E-state index in [1.54, 1.807) is 11.1 Å². The molecular weight excluding hydrogens is 376 g/mol. The Morgan fingerprint density at radius 1 is 0.750 bits per heavy atom. The van der Waals surface area contributed by atoms with Crippen LogP contribution in [-0.4, -0.2) is 0 Å². The van der Waals surface area contributed by atoms with E-state index in [-0.39, 0.29) is 0 Å². The van der Waals surface area contributed by atoms with Gasteiger partial charge in [0, 0.05) is 8.95 Å². The van der Waals surface area contributed by atoms with E-state index in [2.05, 4.69) is 56.1 Å². The molecule has 2 aromatic carbocycles. The lowest BCUT2D eigenvalue weighted by Gasteiger charge is -2.23. The number of halogens is 2. The second-order valence-corrected chi connectivity index (χ2v) is 7.52. The maximum absolute atomic E-state index is 3.82. The topological polar surface area (TPSA) is 0 Å². The molecule has 0 aromatic heterocycles. The van der Waals surface area contributed by atoms with Gasteiger partial charge in [0.1, 0.15) is 0 Å². The van der Waals surface area contributed by atoms with Crippen LogP contribution in [0.1, 0.15) is 41.5 Å². The summed E-state index contributed by atoms with van der Waals surface area (Å²) >= 11 is 7.61. The lowest BCUT2D eigenvalue weighted by molar-refractivity contribution is 0.687. The summed E-state index contributed by atoms with van der Waals surface area (Å²) < 4.78 is 2.57. The van der Waals surface area contributed by atoms with Crippen molar-refractivity contribution in [3.63, 3.8) is 0 Å². The van der Waals surface area contributed by atoms with E-state index < -0.39 is 0 Å². The summed E-state index contributed by atoms with van der Waals surface area (Å²) in [4.78, 5) is 0. The van der Waals surface area contributed by atoms with Gasteiger partial charge in [-0.25, -0.2) is 0 Å². The van der Waals surface area contributed by atoms with Crippen LogP contribution in [0.3, 0.4) is 0 Å². The second kappa shape index (κ2) is 4.99. The quantitative estimate of drug-likeness (QED) is 0.501. The molecule has 0 fully saturated rings. The summed E-state index contributed by atoms with van der Waals surface area (Å²) in [5.41, 5.74) is 6.03. The van der Waals surface area contributed by atoms with Gasteiger partial charge in [0.2, 0.25) is 0 Å². The van der Waals surface area contributed by atoms with Gasteiger partial charge in [0.15, 0.2) is 0 Å². The predicted molar refractivity (Wildman–Crippen MR) is 93.3 cm³/mol. The van der Waals surface area contributed by atoms with Crippen molar-refractivity contribution in [2.24, 2.45) is 0 Å². The molecule has 2 aromatic rings. The van der Waals surface area contributed by atoms with Crippen molar-refractivity contribution in [1.82, 2.24) is 0 Å². The lowest BCUT2D eigenvalue weighted by Crippen LogP contribution is -2.06. The first-order chi connectivity index (χ1) is 9.75. The highest BCUT2D eigenvalue weighted by atomic mass is 79.9. The molecule has 4 rings (SSSR count). The number of aryl methyl sites for hydroxylation is 2. The summed E-state index contributed by atoms with van der Waals surface area (Å²) in [6, 6.07) is 4.71. The van der Waals surface area contributed by atoms with Crippen molar-refractivity contribution in [3.05, 3.63) is 49.4 Å². The third-order valence-corrected chi connectivity index (χ3v) is 6.03. The minimum Gasteiger partial charge on any atom is -0.0836 e. The minimum atomic E-state index is 1.16. The van der Waals surface area contributed by atoms with Gasteiger partial charge < -0.3 is 0 Å². The van der Waals surface area contributed by atoms with Crippen LogP contribution in [0.15, 0.2) is 27.2 Å². The Hall–Kier alpha value is -0.600. The number of hydrogen-bond donors (Lipinski definition) is 0. The van der Waals surface area contributed by atoms with Crippen LogP contribution in [0.5, 0.6) is 0 Å². The summed E-state index contributed by atoms with van der Waals surface area (Å²) in [5, 5.41) is 2.93. The third-order valence-electron chi connectivity index (χ3n) is 4.67. The molecule has 0 spiro atoms. The zero-order chi connectivity index (χ0) is 13.7. The summed E-state index contributed by atoms with van der Waals surface area (Å²) in [6.07, 6.45) is 12.0. The fourth-order valence-electron chi connectivity index (χ4n) is 3.71. The van der Waals surface area contributed by atoms with Gasteiger partial charge in [-0.1, -0.05) is 44.0 Å². The molecule has 2 aliphatic carbocycles. The van der Waals surface area contributed by atoms with Crippen molar-refractivity contribution in [2.45, 2.75) is 38.5 Å². The van der Waals surface area contributed by atoms with Gasteiger partial charge in [-0.15, -0.1) is 0 Å². The molecule has 0 bridgehead atoms. The average Bonchev–Trinajstić information content (AvgIpc) is 2.49. The number of allylic oxidation sites excluding steroid dienone is 1. The van der Waals surface area contributed by atoms with E-state index >= 15 is 0 Å². The first kappa shape index (κ1) is 13.1. The van der Waals surface area contributed by atoms with Gasteiger partial charge in [-0.05, 0) is 83.7 Å². The van der Waals surface area contributed by atoms with Crippen LogP contribution in [0.2, 0.25) is 0 Å². The van der Waals surface area contributed by atoms with E-state index in [0.717, 1.165) is 12.8 Å². The van der Waals surface area contributed by atoms with Gasteiger partial charge in [-0.2, -0.15) is 0 Å². The highest BCUT2D eigenvalue weighted by Crippen LogP contribution is 2.40. The molecule has 0 aliphatic heterocycles. The van der Waals surface area contributed by atoms with E-state index in [0.29, 0.717) is 0 Å². The normalized spacial score (nSPS) is 17.1. The van der Waals surface area contributed by atoms with Crippen molar-refractivity contribution >= 4 is 48.7 Å². The van der Waals surface area contributed by atoms with Gasteiger partial charge in [-0.3, -0.25) is 0 Å². The van der Waals surface area contributed by atoms with Crippen molar-refractivity contribution in [2.75, 3.05) is 0 Å². The number of hydrogen-bond acceptors (Lipinski definition) is 0. The Morgan fingerprint density at radius 2 is 1.45 bits per heavy atom. The number of benzene rings is 2. The molecule has 0 unspecified atom stereocenters. The van der Waals surface area contributed by atoms with E-state index in [4.69, 9.17) is 0 Å². The van der Waals surface area contributed by atoms with E-state index in [1.807, 2.05) is 0 Å². The molecule has 102 valence electrons. The van der Waals surface area contributed by atoms with Crippen LogP contribution < -0.4 is 0 Å². The Bertz CT molecular complexity index is 741. The van der Waals surface area contributed by atoms with Crippen LogP contribution in [0, 0.1) is 0 Å². The van der Waals surface area contributed by atoms with Gasteiger partial charge in [0.25, 0.3) is 0 Å². The lowest BCUT2D eigenvalue weighted by atomic mass is 9.84. The van der Waals surface area contributed by atoms with Crippen LogP contribution in [-0.2, 0) is 19.3 Å². The maximum Gasteiger partial charge on any atom is 0.0256 e. The third kappa shape index (κ3) is 1.92. The molecule has 2 aliphatic rings. The molecule has 0 saturated carbocycles. The Balaban J connectivity index is 2.13. The molecule has 20 heavy (non-hydrogen) atoms. The van der Waals surface area contributed by atoms with Crippen LogP contribution in [0.4, 0.5) is 0 Å². The monoisotopic (exact) mass is 390 g/mol. The Labute approximate surface area is 136 Å². The fourth-order valence-corrected chi connectivity index (χ4v) is 4.97. The van der Waals surface area contributed by atoms with E-state index in [9.17, 15) is 0 Å². The number of fused-ring (bicyclic) bond motifs is 5. The van der Waals surface area contributed by atoms with Gasteiger partial charge >= 0.3 is 0 Å². The van der Waals surface area contributed by atoms with E-state index in [1.165, 1.54) is 56.5 Å². The van der Waals surface area contributed by atoms with Crippen LogP contribution >= 0.6 is 31.9 Å². The second-order valence-electron chi connectivity index (χ2n) is 5.81. The Morgan fingerprint density at radius 3 is 2.30 bits per heavy atom. The molecule has 0 atom stereocenters. The summed E-state index contributed by atoms with van der Waals surface area (Å²) in [6.45, 7) is 0. The largest absolute Gasteiger partial charge is 0.0836 e. The highest BCUT2D eigenvalue weighted by Gasteiger charge is 2.20. The summed E-state index contributed by atoms with van der Waals surface area (Å²) in [5.74, 6) is 0. The molecule has 0 N–H and O–H groups in total. The number of rotatable bonds is 0. The molecule has 0 nitrogen and oxygen atoms in total. The molecular formula is C18H16Br2. The highest BCUT2D eigenvalue weighted by molar-refractivity contribution is 9.10. The van der Waals surface area contributed by atoms with Crippen molar-refractivity contribution < 1.29 is 0 Å². The zero-order valence-corrected chi connectivity index (χ0v) is 14.5. The summed E-state index contributed by atoms with van der Waals surface area (Å²) in [7, 11) is 0. The fraction of sp³-hybridized carbons (Fsp3) is 0.333. The zero-order valence-electron chi connectivity index (χ0n) is 11.3. The molecule has 2 heteroatoms. The smallest absolute Gasteiger partial charge is 0.0256 e. The van der Waals surface area contributed by atoms with Crippen molar-refractivity contribution in [1.29, 1.82) is 0 Å². The molecule has 0 heterocycles. The predicted octanol–water partition coefficient (Wildman–Crippen LogP) is 6.20. The first-order valence-electron chi connectivity index (χ1n) is 7.37. The maximum atomic E-state index is 3.82. The van der Waals surface area contributed by atoms with Crippen LogP contribution in [0.25, 0.3) is 16.8 Å². The minimum absolute atomic E-state index is 1.16. The standard InChI is InChI=1S/C18H16Br2/c19-17-10-16-12-6-2-4-8-14(12)18(20)9-15(16)11-5-1-3-7-13(11)17/h3,7,9-10H,1-2,4-6,8H2. The average molecular weight is 392 g/mol. The SMILES string of the molecule is Brc1cc2c3c(c(Br)cc2c2c1C=CCC2)CCCC3. The van der Waals surface area contributed by atoms with Crippen molar-refractivity contribution in [3.8, 4) is 0 Å². The molecule has 0 radical (unpaired) electrons. The van der Waals surface area contributed by atoms with Gasteiger partial charge in [0.05, 0.1) is 0 Å². The first-order valence-corrected chi connectivity index (χ1v) is 8.96. The molecule has 0 saturated heterocycles. The Kier molecular flexibility index (Phi) is 3.27. The molecule has 0 amide bonds.